The molecule has 1 rings (SSSR count). The first kappa shape index (κ1) is 19.1. The van der Waals surface area contributed by atoms with E-state index in [1.54, 1.807) is 0 Å². The van der Waals surface area contributed by atoms with E-state index >= 15 is 0 Å². The Morgan fingerprint density at radius 3 is 2.50 bits per heavy atom. The Morgan fingerprint density at radius 2 is 1.96 bits per heavy atom. The van der Waals surface area contributed by atoms with E-state index in [1.165, 1.54) is 39.2 Å². The summed E-state index contributed by atoms with van der Waals surface area (Å²) in [6.45, 7) is 2.73. The minimum Gasteiger partial charge on any atom is -0.494 e. The molecule has 0 saturated heterocycles. The van der Waals surface area contributed by atoms with Crippen molar-refractivity contribution in [2.45, 2.75) is 32.8 Å². The number of benzene rings is 1. The lowest BCUT2D eigenvalue weighted by Crippen LogP contribution is -2.30. The highest BCUT2D eigenvalue weighted by Gasteiger charge is 2.20. The number of non-ortho nitro benzene ring substituents is 1. The number of ether oxygens (including phenoxy) is 2. The van der Waals surface area contributed by atoms with Crippen molar-refractivity contribution in [3.8, 4) is 5.75 Å². The van der Waals surface area contributed by atoms with Crippen molar-refractivity contribution < 1.29 is 28.8 Å². The monoisotopic (exact) mass is 338 g/mol. The molecule has 0 aliphatic rings. The Balaban J connectivity index is 2.71. The van der Waals surface area contributed by atoms with E-state index in [4.69, 9.17) is 9.47 Å². The van der Waals surface area contributed by atoms with Gasteiger partial charge in [-0.3, -0.25) is 19.7 Å². The summed E-state index contributed by atoms with van der Waals surface area (Å²) in [5.74, 6) is -1.34. The first-order valence-corrected chi connectivity index (χ1v) is 7.06. The molecule has 24 heavy (non-hydrogen) atoms. The van der Waals surface area contributed by atoms with Crippen LogP contribution < -0.4 is 10.1 Å². The van der Waals surface area contributed by atoms with Crippen LogP contribution >= 0.6 is 0 Å². The number of nitro benzene ring substituents is 1. The highest BCUT2D eigenvalue weighted by Crippen LogP contribution is 2.29. The maximum Gasteiger partial charge on any atom is 0.307 e. The molecule has 1 atom stereocenters. The van der Waals surface area contributed by atoms with E-state index in [2.05, 4.69) is 5.32 Å². The molecule has 9 heteroatoms. The Bertz CT molecular complexity index is 657. The number of Topliss-reactive ketones (excluding diaryl/α,β-unsaturated/α-hetero) is 1. The zero-order valence-corrected chi connectivity index (χ0v) is 13.5. The maximum atomic E-state index is 12.0. The molecule has 1 amide bonds. The van der Waals surface area contributed by atoms with Crippen molar-refractivity contribution in [3.63, 3.8) is 0 Å². The van der Waals surface area contributed by atoms with Gasteiger partial charge in [0.1, 0.15) is 11.5 Å². The second-order valence-electron chi connectivity index (χ2n) is 4.97. The quantitative estimate of drug-likeness (QED) is 0.435. The minimum absolute atomic E-state index is 0.0450. The number of carbonyl (C=O) groups excluding carboxylic acids is 3. The van der Waals surface area contributed by atoms with E-state index in [9.17, 15) is 24.5 Å². The molecule has 1 aromatic carbocycles. The maximum absolute atomic E-state index is 12.0. The Hall–Kier alpha value is -2.97. The van der Waals surface area contributed by atoms with Gasteiger partial charge in [-0.05, 0) is 19.9 Å². The molecule has 0 aliphatic heterocycles. The SMILES string of the molecule is COc1cc([N+](=O)[O-])ccc1NC(=O)[C@@H](C)OC(=O)CCC(C)=O. The van der Waals surface area contributed by atoms with Gasteiger partial charge in [-0.15, -0.1) is 0 Å². The highest BCUT2D eigenvalue weighted by molar-refractivity contribution is 5.96. The van der Waals surface area contributed by atoms with Crippen LogP contribution in [0.3, 0.4) is 0 Å². The molecule has 9 nitrogen and oxygen atoms in total. The third-order valence-corrected chi connectivity index (χ3v) is 3.01. The van der Waals surface area contributed by atoms with E-state index in [-0.39, 0.29) is 35.7 Å². The molecule has 0 saturated carbocycles. The summed E-state index contributed by atoms with van der Waals surface area (Å²) >= 11 is 0. The molecule has 0 aliphatic carbocycles. The predicted molar refractivity (Wildman–Crippen MR) is 83.7 cm³/mol. The van der Waals surface area contributed by atoms with E-state index < -0.39 is 22.9 Å². The van der Waals surface area contributed by atoms with Crippen molar-refractivity contribution in [3.05, 3.63) is 28.3 Å². The van der Waals surface area contributed by atoms with E-state index in [0.717, 1.165) is 0 Å². The molecular weight excluding hydrogens is 320 g/mol. The number of ketones is 1. The molecule has 1 N–H and O–H groups in total. The van der Waals surface area contributed by atoms with Gasteiger partial charge in [-0.2, -0.15) is 0 Å². The molecule has 0 spiro atoms. The smallest absolute Gasteiger partial charge is 0.307 e. The van der Waals surface area contributed by atoms with Gasteiger partial charge in [0, 0.05) is 12.5 Å². The lowest BCUT2D eigenvalue weighted by atomic mass is 10.2. The van der Waals surface area contributed by atoms with Gasteiger partial charge in [0.05, 0.1) is 30.2 Å². The normalized spacial score (nSPS) is 11.3. The van der Waals surface area contributed by atoms with Crippen LogP contribution in [0.1, 0.15) is 26.7 Å². The first-order chi connectivity index (χ1) is 11.2. The summed E-state index contributed by atoms with van der Waals surface area (Å²) < 4.78 is 9.92. The van der Waals surface area contributed by atoms with Gasteiger partial charge in [0.15, 0.2) is 6.10 Å². The second kappa shape index (κ2) is 8.61. The van der Waals surface area contributed by atoms with Gasteiger partial charge < -0.3 is 19.6 Å². The highest BCUT2D eigenvalue weighted by atomic mass is 16.6. The van der Waals surface area contributed by atoms with Crippen LogP contribution in [-0.4, -0.2) is 35.8 Å². The topological polar surface area (TPSA) is 125 Å². The lowest BCUT2D eigenvalue weighted by Gasteiger charge is -2.15. The number of nitrogens with zero attached hydrogens (tertiary/aromatic N) is 1. The van der Waals surface area contributed by atoms with Crippen molar-refractivity contribution >= 4 is 29.0 Å². The fourth-order valence-corrected chi connectivity index (χ4v) is 1.72. The summed E-state index contributed by atoms with van der Waals surface area (Å²) in [5, 5.41) is 13.2. The molecule has 0 aromatic heterocycles. The third kappa shape index (κ3) is 5.67. The predicted octanol–water partition coefficient (Wildman–Crippen LogP) is 1.84. The number of carbonyl (C=O) groups is 3. The molecular formula is C15H18N2O7. The van der Waals surface area contributed by atoms with Gasteiger partial charge in [0.2, 0.25) is 0 Å². The molecule has 0 unspecified atom stereocenters. The average molecular weight is 338 g/mol. The summed E-state index contributed by atoms with van der Waals surface area (Å²) in [6.07, 6.45) is -1.15. The molecule has 0 radical (unpaired) electrons. The first-order valence-electron chi connectivity index (χ1n) is 7.06. The summed E-state index contributed by atoms with van der Waals surface area (Å²) in [7, 11) is 1.31. The van der Waals surface area contributed by atoms with Gasteiger partial charge >= 0.3 is 5.97 Å². The van der Waals surface area contributed by atoms with E-state index in [1.807, 2.05) is 0 Å². The number of esters is 1. The van der Waals surface area contributed by atoms with Crippen LogP contribution in [0.2, 0.25) is 0 Å². The van der Waals surface area contributed by atoms with Crippen LogP contribution in [0, 0.1) is 10.1 Å². The van der Waals surface area contributed by atoms with Crippen LogP contribution in [0.4, 0.5) is 11.4 Å². The van der Waals surface area contributed by atoms with Crippen molar-refractivity contribution in [2.75, 3.05) is 12.4 Å². The van der Waals surface area contributed by atoms with Crippen molar-refractivity contribution in [2.24, 2.45) is 0 Å². The van der Waals surface area contributed by atoms with Crippen LogP contribution in [0.15, 0.2) is 18.2 Å². The zero-order valence-electron chi connectivity index (χ0n) is 13.5. The number of nitrogens with one attached hydrogen (secondary N) is 1. The Labute approximate surface area is 138 Å². The number of anilines is 1. The molecule has 0 fully saturated rings. The lowest BCUT2D eigenvalue weighted by molar-refractivity contribution is -0.384. The molecule has 0 heterocycles. The zero-order chi connectivity index (χ0) is 18.3. The number of nitro groups is 1. The third-order valence-electron chi connectivity index (χ3n) is 3.01. The van der Waals surface area contributed by atoms with Crippen LogP contribution in [0.25, 0.3) is 0 Å². The average Bonchev–Trinajstić information content (AvgIpc) is 2.52. The molecule has 1 aromatic rings. The number of methoxy groups -OCH3 is 1. The summed E-state index contributed by atoms with van der Waals surface area (Å²) in [5.41, 5.74) is 0.0216. The Kier molecular flexibility index (Phi) is 6.84. The standard InChI is InChI=1S/C15H18N2O7/c1-9(18)4-7-14(19)24-10(2)15(20)16-12-6-5-11(17(21)22)8-13(12)23-3/h5-6,8,10H,4,7H2,1-3H3,(H,16,20)/t10-/m1/s1. The second-order valence-corrected chi connectivity index (χ2v) is 4.97. The largest absolute Gasteiger partial charge is 0.494 e. The van der Waals surface area contributed by atoms with Crippen LogP contribution in [0.5, 0.6) is 5.75 Å². The van der Waals surface area contributed by atoms with Crippen molar-refractivity contribution in [1.29, 1.82) is 0 Å². The van der Waals surface area contributed by atoms with Gasteiger partial charge in [0.25, 0.3) is 11.6 Å². The summed E-state index contributed by atoms with van der Waals surface area (Å²) in [6, 6.07) is 3.69. The Morgan fingerprint density at radius 1 is 1.29 bits per heavy atom. The molecule has 0 bridgehead atoms. The minimum atomic E-state index is -1.09. The molecule has 130 valence electrons. The number of rotatable bonds is 8. The van der Waals surface area contributed by atoms with Crippen LogP contribution in [-0.2, 0) is 19.1 Å². The fraction of sp³-hybridized carbons (Fsp3) is 0.400. The number of hydrogen-bond donors (Lipinski definition) is 1. The number of amides is 1. The fourth-order valence-electron chi connectivity index (χ4n) is 1.72. The van der Waals surface area contributed by atoms with Gasteiger partial charge in [-0.25, -0.2) is 0 Å². The number of hydrogen-bond acceptors (Lipinski definition) is 7. The van der Waals surface area contributed by atoms with Gasteiger partial charge in [-0.1, -0.05) is 0 Å². The van der Waals surface area contributed by atoms with E-state index in [0.29, 0.717) is 0 Å². The summed E-state index contributed by atoms with van der Waals surface area (Å²) in [4.78, 5) is 44.5. The van der Waals surface area contributed by atoms with Crippen molar-refractivity contribution in [1.82, 2.24) is 0 Å².